The average molecular weight is 305 g/mol. The third kappa shape index (κ3) is 3.57. The van der Waals surface area contributed by atoms with Crippen LogP contribution in [0.25, 0.3) is 0 Å². The minimum Gasteiger partial charge on any atom is -0.399 e. The van der Waals surface area contributed by atoms with Gasteiger partial charge in [0.25, 0.3) is 0 Å². The van der Waals surface area contributed by atoms with Gasteiger partial charge in [-0.1, -0.05) is 6.07 Å². The largest absolute Gasteiger partial charge is 0.399 e. The molecule has 6 heteroatoms. The number of nitrogens with two attached hydrogens (primary N) is 1. The molecule has 0 aromatic heterocycles. The fourth-order valence-electron chi connectivity index (χ4n) is 2.81. The molecule has 0 heterocycles. The minimum atomic E-state index is -1.35. The molecule has 0 fully saturated rings. The normalized spacial score (nSPS) is 18.5. The van der Waals surface area contributed by atoms with Crippen molar-refractivity contribution in [2.45, 2.75) is 51.3 Å². The Morgan fingerprint density at radius 1 is 1.41 bits per heavy atom. The van der Waals surface area contributed by atoms with Crippen LogP contribution >= 0.6 is 0 Å². The summed E-state index contributed by atoms with van der Waals surface area (Å²) in [6.45, 7) is 4.31. The molecule has 2 atom stereocenters. The molecular weight excluding hydrogens is 282 g/mol. The molecule has 1 aromatic rings. The van der Waals surface area contributed by atoms with E-state index in [1.165, 1.54) is 20.8 Å². The van der Waals surface area contributed by atoms with Crippen LogP contribution in [0, 0.1) is 0 Å². The number of nitrogens with one attached hydrogen (secondary N) is 2. The maximum atomic E-state index is 12.4. The molecule has 0 spiro atoms. The Balaban J connectivity index is 2.14. The van der Waals surface area contributed by atoms with Gasteiger partial charge in [0.05, 0.1) is 11.6 Å². The van der Waals surface area contributed by atoms with Crippen LogP contribution in [0.5, 0.6) is 0 Å². The highest BCUT2D eigenvalue weighted by molar-refractivity contribution is 5.88. The fraction of sp³-hybridized carbons (Fsp3) is 0.500. The topological polar surface area (TPSA) is 104 Å². The smallest absolute Gasteiger partial charge is 0.246 e. The Labute approximate surface area is 130 Å². The van der Waals surface area contributed by atoms with E-state index in [2.05, 4.69) is 10.6 Å². The summed E-state index contributed by atoms with van der Waals surface area (Å²) >= 11 is 0. The molecule has 2 rings (SSSR count). The highest BCUT2D eigenvalue weighted by Crippen LogP contribution is 2.32. The van der Waals surface area contributed by atoms with Crippen LogP contribution in [-0.4, -0.2) is 28.6 Å². The SMILES string of the molecule is CC(=O)N[C@@H](C(=O)N[C@@H]1CCc2cc(N)ccc21)C(C)(C)O. The Hall–Kier alpha value is -2.08. The van der Waals surface area contributed by atoms with E-state index in [0.29, 0.717) is 5.69 Å². The second-order valence-electron chi connectivity index (χ2n) is 6.35. The van der Waals surface area contributed by atoms with Crippen LogP contribution in [0.1, 0.15) is 44.4 Å². The van der Waals surface area contributed by atoms with Crippen molar-refractivity contribution < 1.29 is 14.7 Å². The van der Waals surface area contributed by atoms with Crippen molar-refractivity contribution in [3.8, 4) is 0 Å². The van der Waals surface area contributed by atoms with Gasteiger partial charge in [-0.2, -0.15) is 0 Å². The van der Waals surface area contributed by atoms with Crippen molar-refractivity contribution in [2.75, 3.05) is 5.73 Å². The number of aryl methyl sites for hydroxylation is 1. The highest BCUT2D eigenvalue weighted by atomic mass is 16.3. The number of amides is 2. The third-order valence-electron chi connectivity index (χ3n) is 3.88. The van der Waals surface area contributed by atoms with Crippen LogP contribution < -0.4 is 16.4 Å². The first-order chi connectivity index (χ1) is 10.2. The molecule has 6 nitrogen and oxygen atoms in total. The predicted molar refractivity (Wildman–Crippen MR) is 84.0 cm³/mol. The summed E-state index contributed by atoms with van der Waals surface area (Å²) in [5.74, 6) is -0.751. The van der Waals surface area contributed by atoms with E-state index < -0.39 is 17.6 Å². The molecule has 0 unspecified atom stereocenters. The van der Waals surface area contributed by atoms with Gasteiger partial charge in [0, 0.05) is 12.6 Å². The van der Waals surface area contributed by atoms with Crippen LogP contribution in [0.2, 0.25) is 0 Å². The van der Waals surface area contributed by atoms with Gasteiger partial charge in [-0.05, 0) is 49.9 Å². The van der Waals surface area contributed by atoms with E-state index in [4.69, 9.17) is 5.73 Å². The molecule has 1 aromatic carbocycles. The van der Waals surface area contributed by atoms with Crippen LogP contribution in [-0.2, 0) is 16.0 Å². The van der Waals surface area contributed by atoms with Crippen molar-refractivity contribution >= 4 is 17.5 Å². The number of hydrogen-bond donors (Lipinski definition) is 4. The second kappa shape index (κ2) is 5.96. The van der Waals surface area contributed by atoms with Crippen LogP contribution in [0.15, 0.2) is 18.2 Å². The molecule has 5 N–H and O–H groups in total. The maximum absolute atomic E-state index is 12.4. The van der Waals surface area contributed by atoms with Gasteiger partial charge in [-0.25, -0.2) is 0 Å². The lowest BCUT2D eigenvalue weighted by molar-refractivity contribution is -0.134. The van der Waals surface area contributed by atoms with Gasteiger partial charge in [0.15, 0.2) is 0 Å². The van der Waals surface area contributed by atoms with Crippen molar-refractivity contribution in [3.63, 3.8) is 0 Å². The van der Waals surface area contributed by atoms with Crippen molar-refractivity contribution in [2.24, 2.45) is 0 Å². The van der Waals surface area contributed by atoms with E-state index in [9.17, 15) is 14.7 Å². The standard InChI is InChI=1S/C16H23N3O3/c1-9(20)18-14(16(2,3)22)15(21)19-13-7-4-10-8-11(17)5-6-12(10)13/h5-6,8,13-14,22H,4,7,17H2,1-3H3,(H,18,20)(H,19,21)/t13-,14+/m1/s1. The van der Waals surface area contributed by atoms with Crippen molar-refractivity contribution in [1.82, 2.24) is 10.6 Å². The predicted octanol–water partition coefficient (Wildman–Crippen LogP) is 0.648. The lowest BCUT2D eigenvalue weighted by Crippen LogP contribution is -2.57. The number of benzene rings is 1. The Kier molecular flexibility index (Phi) is 4.42. The Morgan fingerprint density at radius 2 is 2.09 bits per heavy atom. The zero-order valence-electron chi connectivity index (χ0n) is 13.1. The summed E-state index contributed by atoms with van der Waals surface area (Å²) in [6.07, 6.45) is 1.63. The van der Waals surface area contributed by atoms with Gasteiger partial charge < -0.3 is 21.5 Å². The number of anilines is 1. The zero-order chi connectivity index (χ0) is 16.5. The number of nitrogen functional groups attached to an aromatic ring is 1. The monoisotopic (exact) mass is 305 g/mol. The van der Waals surface area contributed by atoms with Crippen LogP contribution in [0.3, 0.4) is 0 Å². The summed E-state index contributed by atoms with van der Waals surface area (Å²) in [4.78, 5) is 23.7. The molecule has 0 bridgehead atoms. The zero-order valence-corrected chi connectivity index (χ0v) is 13.1. The molecular formula is C16H23N3O3. The average Bonchev–Trinajstić information content (AvgIpc) is 2.76. The first-order valence-corrected chi connectivity index (χ1v) is 7.36. The van der Waals surface area contributed by atoms with Crippen molar-refractivity contribution in [1.29, 1.82) is 0 Å². The number of carbonyl (C=O) groups excluding carboxylic acids is 2. The van der Waals surface area contributed by atoms with E-state index in [0.717, 1.165) is 24.0 Å². The van der Waals surface area contributed by atoms with E-state index >= 15 is 0 Å². The molecule has 120 valence electrons. The van der Waals surface area contributed by atoms with Gasteiger partial charge in [-0.3, -0.25) is 9.59 Å². The summed E-state index contributed by atoms with van der Waals surface area (Å²) in [5.41, 5.74) is 7.30. The lowest BCUT2D eigenvalue weighted by atomic mass is 9.97. The van der Waals surface area contributed by atoms with Gasteiger partial charge >= 0.3 is 0 Å². The molecule has 1 aliphatic rings. The summed E-state index contributed by atoms with van der Waals surface area (Å²) in [6, 6.07) is 4.53. The van der Waals surface area contributed by atoms with Gasteiger partial charge in [0.1, 0.15) is 6.04 Å². The Bertz CT molecular complexity index is 593. The summed E-state index contributed by atoms with van der Waals surface area (Å²) in [7, 11) is 0. The lowest BCUT2D eigenvalue weighted by Gasteiger charge is -2.30. The molecule has 0 saturated carbocycles. The number of aliphatic hydroxyl groups is 1. The molecule has 22 heavy (non-hydrogen) atoms. The molecule has 0 radical (unpaired) electrons. The maximum Gasteiger partial charge on any atom is 0.246 e. The third-order valence-corrected chi connectivity index (χ3v) is 3.88. The molecule has 0 saturated heterocycles. The summed E-state index contributed by atoms with van der Waals surface area (Å²) in [5, 5.41) is 15.5. The summed E-state index contributed by atoms with van der Waals surface area (Å²) < 4.78 is 0. The van der Waals surface area contributed by atoms with Gasteiger partial charge in [-0.15, -0.1) is 0 Å². The first kappa shape index (κ1) is 16.3. The molecule has 2 amide bonds. The highest BCUT2D eigenvalue weighted by Gasteiger charge is 2.36. The Morgan fingerprint density at radius 3 is 2.68 bits per heavy atom. The minimum absolute atomic E-state index is 0.123. The molecule has 0 aliphatic heterocycles. The number of rotatable bonds is 4. The van der Waals surface area contributed by atoms with Crippen molar-refractivity contribution in [3.05, 3.63) is 29.3 Å². The molecule has 1 aliphatic carbocycles. The second-order valence-corrected chi connectivity index (χ2v) is 6.35. The first-order valence-electron chi connectivity index (χ1n) is 7.36. The van der Waals surface area contributed by atoms with E-state index in [1.807, 2.05) is 18.2 Å². The van der Waals surface area contributed by atoms with E-state index in [1.54, 1.807) is 0 Å². The quantitative estimate of drug-likeness (QED) is 0.613. The van der Waals surface area contributed by atoms with Crippen LogP contribution in [0.4, 0.5) is 5.69 Å². The fourth-order valence-corrected chi connectivity index (χ4v) is 2.81. The number of hydrogen-bond acceptors (Lipinski definition) is 4. The number of carbonyl (C=O) groups is 2. The van der Waals surface area contributed by atoms with E-state index in [-0.39, 0.29) is 11.9 Å². The number of fused-ring (bicyclic) bond motifs is 1. The van der Waals surface area contributed by atoms with Gasteiger partial charge in [0.2, 0.25) is 11.8 Å².